The quantitative estimate of drug-likeness (QED) is 0.851. The van der Waals surface area contributed by atoms with Gasteiger partial charge < -0.3 is 11.1 Å². The standard InChI is InChI=1S/C14H15BrN2/c1-17-14(10-5-3-2-4-6-10)12-9-11(15)7-8-13(12)16/h2-9,14,17H,16H2,1H3. The van der Waals surface area contributed by atoms with E-state index in [1.165, 1.54) is 5.56 Å². The van der Waals surface area contributed by atoms with Crippen molar-refractivity contribution in [2.75, 3.05) is 12.8 Å². The molecule has 0 radical (unpaired) electrons. The second kappa shape index (κ2) is 5.34. The maximum atomic E-state index is 6.04. The van der Waals surface area contributed by atoms with E-state index in [2.05, 4.69) is 39.4 Å². The first-order valence-electron chi connectivity index (χ1n) is 5.49. The van der Waals surface area contributed by atoms with E-state index in [1.807, 2.05) is 37.4 Å². The summed E-state index contributed by atoms with van der Waals surface area (Å²) in [4.78, 5) is 0. The maximum Gasteiger partial charge on any atom is 0.0595 e. The van der Waals surface area contributed by atoms with Crippen molar-refractivity contribution < 1.29 is 0 Å². The summed E-state index contributed by atoms with van der Waals surface area (Å²) in [7, 11) is 1.94. The predicted octanol–water partition coefficient (Wildman–Crippen LogP) is 3.34. The Balaban J connectivity index is 2.46. The molecule has 1 atom stereocenters. The molecule has 3 N–H and O–H groups in total. The van der Waals surface area contributed by atoms with Crippen molar-refractivity contribution in [3.05, 3.63) is 64.1 Å². The van der Waals surface area contributed by atoms with E-state index >= 15 is 0 Å². The lowest BCUT2D eigenvalue weighted by molar-refractivity contribution is 0.693. The third-order valence-electron chi connectivity index (χ3n) is 2.78. The molecule has 0 aliphatic carbocycles. The highest BCUT2D eigenvalue weighted by Gasteiger charge is 2.14. The minimum atomic E-state index is 0.119. The number of anilines is 1. The van der Waals surface area contributed by atoms with Gasteiger partial charge in [0.2, 0.25) is 0 Å². The molecule has 0 saturated heterocycles. The Hall–Kier alpha value is -1.32. The van der Waals surface area contributed by atoms with Crippen LogP contribution in [0.5, 0.6) is 0 Å². The zero-order valence-electron chi connectivity index (χ0n) is 9.65. The summed E-state index contributed by atoms with van der Waals surface area (Å²) in [5.41, 5.74) is 9.14. The molecule has 2 nitrogen and oxygen atoms in total. The van der Waals surface area contributed by atoms with Crippen molar-refractivity contribution in [2.45, 2.75) is 6.04 Å². The number of hydrogen-bond acceptors (Lipinski definition) is 2. The zero-order valence-corrected chi connectivity index (χ0v) is 11.2. The molecule has 88 valence electrons. The Kier molecular flexibility index (Phi) is 3.82. The Labute approximate surface area is 110 Å². The second-order valence-electron chi connectivity index (χ2n) is 3.91. The minimum absolute atomic E-state index is 0.119. The van der Waals surface area contributed by atoms with Crippen LogP contribution in [0.25, 0.3) is 0 Å². The van der Waals surface area contributed by atoms with Crippen molar-refractivity contribution >= 4 is 21.6 Å². The van der Waals surface area contributed by atoms with Crippen LogP contribution in [0.2, 0.25) is 0 Å². The molecule has 17 heavy (non-hydrogen) atoms. The van der Waals surface area contributed by atoms with Gasteiger partial charge in [-0.2, -0.15) is 0 Å². The first kappa shape index (κ1) is 12.1. The van der Waals surface area contributed by atoms with Crippen LogP contribution < -0.4 is 11.1 Å². The molecule has 2 aromatic carbocycles. The fraction of sp³-hybridized carbons (Fsp3) is 0.143. The molecule has 0 aromatic heterocycles. The van der Waals surface area contributed by atoms with Crippen LogP contribution in [0.15, 0.2) is 53.0 Å². The molecule has 0 aliphatic rings. The molecule has 0 spiro atoms. The highest BCUT2D eigenvalue weighted by Crippen LogP contribution is 2.28. The van der Waals surface area contributed by atoms with Gasteiger partial charge in [-0.15, -0.1) is 0 Å². The number of nitrogens with two attached hydrogens (primary N) is 1. The van der Waals surface area contributed by atoms with E-state index in [0.29, 0.717) is 0 Å². The first-order valence-corrected chi connectivity index (χ1v) is 6.29. The number of benzene rings is 2. The molecule has 0 fully saturated rings. The van der Waals surface area contributed by atoms with Crippen LogP contribution >= 0.6 is 15.9 Å². The van der Waals surface area contributed by atoms with Crippen LogP contribution in [0.3, 0.4) is 0 Å². The molecule has 1 unspecified atom stereocenters. The molecule has 0 amide bonds. The topological polar surface area (TPSA) is 38.0 Å². The van der Waals surface area contributed by atoms with Crippen LogP contribution in [0.4, 0.5) is 5.69 Å². The van der Waals surface area contributed by atoms with E-state index in [9.17, 15) is 0 Å². The predicted molar refractivity (Wildman–Crippen MR) is 75.9 cm³/mol. The van der Waals surface area contributed by atoms with Gasteiger partial charge in [0.05, 0.1) is 6.04 Å². The fourth-order valence-electron chi connectivity index (χ4n) is 1.94. The lowest BCUT2D eigenvalue weighted by Crippen LogP contribution is -2.18. The van der Waals surface area contributed by atoms with Crippen molar-refractivity contribution in [2.24, 2.45) is 0 Å². The normalized spacial score (nSPS) is 12.4. The molecule has 0 aliphatic heterocycles. The fourth-order valence-corrected chi connectivity index (χ4v) is 2.32. The summed E-state index contributed by atoms with van der Waals surface area (Å²) in [6.07, 6.45) is 0. The summed E-state index contributed by atoms with van der Waals surface area (Å²) in [5, 5.41) is 3.30. The molecule has 2 rings (SSSR count). The van der Waals surface area contributed by atoms with E-state index in [0.717, 1.165) is 15.7 Å². The van der Waals surface area contributed by atoms with Crippen LogP contribution in [0, 0.1) is 0 Å². The lowest BCUT2D eigenvalue weighted by atomic mass is 9.97. The van der Waals surface area contributed by atoms with Gasteiger partial charge in [0.25, 0.3) is 0 Å². The molecule has 0 saturated carbocycles. The number of hydrogen-bond donors (Lipinski definition) is 2. The lowest BCUT2D eigenvalue weighted by Gasteiger charge is -2.19. The average Bonchev–Trinajstić information content (AvgIpc) is 2.36. The minimum Gasteiger partial charge on any atom is -0.398 e. The van der Waals surface area contributed by atoms with Crippen molar-refractivity contribution in [1.82, 2.24) is 5.32 Å². The summed E-state index contributed by atoms with van der Waals surface area (Å²) in [6.45, 7) is 0. The Bertz CT molecular complexity index is 497. The summed E-state index contributed by atoms with van der Waals surface area (Å²) < 4.78 is 1.04. The van der Waals surface area contributed by atoms with E-state index in [-0.39, 0.29) is 6.04 Å². The average molecular weight is 291 g/mol. The highest BCUT2D eigenvalue weighted by atomic mass is 79.9. The van der Waals surface area contributed by atoms with Gasteiger partial charge in [0, 0.05) is 10.2 Å². The number of halogens is 1. The van der Waals surface area contributed by atoms with Gasteiger partial charge in [-0.3, -0.25) is 0 Å². The van der Waals surface area contributed by atoms with Crippen LogP contribution in [-0.2, 0) is 0 Å². The van der Waals surface area contributed by atoms with E-state index < -0.39 is 0 Å². The zero-order chi connectivity index (χ0) is 12.3. The Morgan fingerprint density at radius 3 is 2.47 bits per heavy atom. The number of nitrogens with one attached hydrogen (secondary N) is 1. The third-order valence-corrected chi connectivity index (χ3v) is 3.27. The number of nitrogen functional groups attached to an aromatic ring is 1. The Morgan fingerprint density at radius 2 is 1.82 bits per heavy atom. The summed E-state index contributed by atoms with van der Waals surface area (Å²) >= 11 is 3.48. The monoisotopic (exact) mass is 290 g/mol. The van der Waals surface area contributed by atoms with Gasteiger partial charge in [-0.25, -0.2) is 0 Å². The Morgan fingerprint density at radius 1 is 1.12 bits per heavy atom. The maximum absolute atomic E-state index is 6.04. The molecular formula is C14H15BrN2. The second-order valence-corrected chi connectivity index (χ2v) is 4.82. The molecule has 3 heteroatoms. The van der Waals surface area contributed by atoms with Crippen molar-refractivity contribution in [3.8, 4) is 0 Å². The van der Waals surface area contributed by atoms with Crippen LogP contribution in [0.1, 0.15) is 17.2 Å². The van der Waals surface area contributed by atoms with E-state index in [1.54, 1.807) is 0 Å². The summed E-state index contributed by atoms with van der Waals surface area (Å²) in [6, 6.07) is 16.3. The smallest absolute Gasteiger partial charge is 0.0595 e. The number of rotatable bonds is 3. The van der Waals surface area contributed by atoms with Crippen molar-refractivity contribution in [1.29, 1.82) is 0 Å². The van der Waals surface area contributed by atoms with Gasteiger partial charge in [-0.05, 0) is 36.4 Å². The van der Waals surface area contributed by atoms with Gasteiger partial charge in [0.15, 0.2) is 0 Å². The van der Waals surface area contributed by atoms with Crippen molar-refractivity contribution in [3.63, 3.8) is 0 Å². The van der Waals surface area contributed by atoms with Crippen LogP contribution in [-0.4, -0.2) is 7.05 Å². The summed E-state index contributed by atoms with van der Waals surface area (Å²) in [5.74, 6) is 0. The molecule has 2 aromatic rings. The largest absolute Gasteiger partial charge is 0.398 e. The SMILES string of the molecule is CNC(c1ccccc1)c1cc(Br)ccc1N. The van der Waals surface area contributed by atoms with Gasteiger partial charge >= 0.3 is 0 Å². The van der Waals surface area contributed by atoms with E-state index in [4.69, 9.17) is 5.73 Å². The molecule has 0 heterocycles. The first-order chi connectivity index (χ1) is 8.22. The molecule has 0 bridgehead atoms. The third kappa shape index (κ3) is 2.68. The highest BCUT2D eigenvalue weighted by molar-refractivity contribution is 9.10. The van der Waals surface area contributed by atoms with Gasteiger partial charge in [-0.1, -0.05) is 46.3 Å². The molecular weight excluding hydrogens is 276 g/mol. The van der Waals surface area contributed by atoms with Gasteiger partial charge in [0.1, 0.15) is 0 Å².